The molecule has 33 valence electrons. The van der Waals surface area contributed by atoms with Crippen LogP contribution in [0.25, 0.3) is 0 Å². The molecular weight excluding hydrogens is 115 g/mol. The molecule has 0 aromatic heterocycles. The van der Waals surface area contributed by atoms with Crippen molar-refractivity contribution in [3.63, 3.8) is 0 Å². The zero-order valence-electron chi connectivity index (χ0n) is 3.32. The molecule has 0 bridgehead atoms. The largest absolute Gasteiger partial charge is 0.273 e. The van der Waals surface area contributed by atoms with Gasteiger partial charge in [0.05, 0.1) is 0 Å². The average Bonchev–Trinajstić information content (AvgIpc) is 1.76. The minimum absolute atomic E-state index is 0. The summed E-state index contributed by atoms with van der Waals surface area (Å²) < 4.78 is 0. The number of hydrogen-bond acceptors (Lipinski definition) is 0. The standard InChI is InChI=1S/C5H5.Mn/c1-2-4-5-3-1;/h1-3H,4H2;/q-1;. The van der Waals surface area contributed by atoms with Gasteiger partial charge in [0.25, 0.3) is 0 Å². The van der Waals surface area contributed by atoms with Gasteiger partial charge in [-0.25, -0.2) is 12.2 Å². The zero-order valence-corrected chi connectivity index (χ0v) is 4.50. The van der Waals surface area contributed by atoms with E-state index in [1.54, 1.807) is 0 Å². The molecule has 1 heteroatoms. The fourth-order valence-electron chi connectivity index (χ4n) is 0.340. The van der Waals surface area contributed by atoms with Crippen molar-refractivity contribution < 1.29 is 17.1 Å². The van der Waals surface area contributed by atoms with Gasteiger partial charge in [0.2, 0.25) is 0 Å². The van der Waals surface area contributed by atoms with E-state index < -0.39 is 0 Å². The molecule has 1 aliphatic carbocycles. The molecule has 0 aromatic rings. The van der Waals surface area contributed by atoms with Crippen molar-refractivity contribution in [3.05, 3.63) is 24.3 Å². The van der Waals surface area contributed by atoms with Gasteiger partial charge in [-0.15, -0.1) is 6.42 Å². The number of hydrogen-bond donors (Lipinski definition) is 0. The monoisotopic (exact) mass is 120 g/mol. The van der Waals surface area contributed by atoms with Crippen LogP contribution in [0.3, 0.4) is 0 Å². The maximum Gasteiger partial charge on any atom is 0 e. The van der Waals surface area contributed by atoms with Crippen molar-refractivity contribution in [1.82, 2.24) is 0 Å². The smallest absolute Gasteiger partial charge is 0 e. The Balaban J connectivity index is 0.000000250. The van der Waals surface area contributed by atoms with Gasteiger partial charge in [0.15, 0.2) is 0 Å². The third-order valence-corrected chi connectivity index (χ3v) is 0.586. The van der Waals surface area contributed by atoms with Crippen molar-refractivity contribution >= 4 is 0 Å². The minimum atomic E-state index is 0. The summed E-state index contributed by atoms with van der Waals surface area (Å²) in [5.74, 6) is 0. The molecule has 0 aliphatic heterocycles. The fourth-order valence-corrected chi connectivity index (χ4v) is 0.340. The Kier molecular flexibility index (Phi) is 3.20. The number of allylic oxidation sites excluding steroid dienone is 4. The first-order chi connectivity index (χ1) is 2.50. The molecule has 1 aliphatic rings. The topological polar surface area (TPSA) is 0 Å². The first-order valence-corrected chi connectivity index (χ1v) is 1.72. The predicted octanol–water partition coefficient (Wildman–Crippen LogP) is 1.30. The Hall–Kier alpha value is -0.000519. The van der Waals surface area contributed by atoms with Gasteiger partial charge in [-0.2, -0.15) is 6.08 Å². The van der Waals surface area contributed by atoms with Crippen LogP contribution in [0.15, 0.2) is 18.2 Å². The van der Waals surface area contributed by atoms with Gasteiger partial charge in [0.1, 0.15) is 0 Å². The third kappa shape index (κ3) is 1.44. The van der Waals surface area contributed by atoms with Crippen LogP contribution in [0.5, 0.6) is 0 Å². The van der Waals surface area contributed by atoms with Gasteiger partial charge < -0.3 is 0 Å². The van der Waals surface area contributed by atoms with Gasteiger partial charge >= 0.3 is 0 Å². The SMILES string of the molecule is [C-]1=CC=CC1.[Mn]. The normalized spacial score (nSPS) is 14.7. The Bertz CT molecular complexity index is 62.0. The average molecular weight is 120 g/mol. The van der Waals surface area contributed by atoms with E-state index in [0.29, 0.717) is 0 Å². The molecule has 0 aromatic carbocycles. The van der Waals surface area contributed by atoms with Crippen molar-refractivity contribution in [3.8, 4) is 0 Å². The van der Waals surface area contributed by atoms with Crippen LogP contribution in [0.1, 0.15) is 6.42 Å². The van der Waals surface area contributed by atoms with E-state index in [0.717, 1.165) is 6.42 Å². The predicted molar refractivity (Wildman–Crippen MR) is 21.6 cm³/mol. The molecule has 0 spiro atoms. The molecule has 1 radical (unpaired) electrons. The van der Waals surface area contributed by atoms with E-state index in [9.17, 15) is 0 Å². The zero-order chi connectivity index (χ0) is 3.54. The van der Waals surface area contributed by atoms with E-state index in [4.69, 9.17) is 0 Å². The maximum atomic E-state index is 2.99. The maximum absolute atomic E-state index is 2.99. The second-order valence-electron chi connectivity index (χ2n) is 1.00. The second-order valence-corrected chi connectivity index (χ2v) is 1.00. The molecule has 0 amide bonds. The summed E-state index contributed by atoms with van der Waals surface area (Å²) >= 11 is 0. The summed E-state index contributed by atoms with van der Waals surface area (Å²) in [5, 5.41) is 0. The summed E-state index contributed by atoms with van der Waals surface area (Å²) in [7, 11) is 0. The van der Waals surface area contributed by atoms with E-state index in [-0.39, 0.29) is 17.1 Å². The van der Waals surface area contributed by atoms with E-state index >= 15 is 0 Å². The molecule has 0 saturated carbocycles. The molecule has 0 atom stereocenters. The third-order valence-electron chi connectivity index (χ3n) is 0.586. The van der Waals surface area contributed by atoms with Gasteiger partial charge in [-0.1, -0.05) is 0 Å². The van der Waals surface area contributed by atoms with Crippen LogP contribution in [0, 0.1) is 6.08 Å². The van der Waals surface area contributed by atoms with E-state index in [2.05, 4.69) is 12.2 Å². The molecule has 0 fully saturated rings. The van der Waals surface area contributed by atoms with Crippen LogP contribution < -0.4 is 0 Å². The summed E-state index contributed by atoms with van der Waals surface area (Å²) in [6.07, 6.45) is 10.0. The van der Waals surface area contributed by atoms with Crippen molar-refractivity contribution in [2.75, 3.05) is 0 Å². The first-order valence-electron chi connectivity index (χ1n) is 1.72. The number of rotatable bonds is 0. The molecular formula is C5H5Mn-. The van der Waals surface area contributed by atoms with Crippen molar-refractivity contribution in [2.45, 2.75) is 6.42 Å². The van der Waals surface area contributed by atoms with Crippen LogP contribution in [0.2, 0.25) is 0 Å². The molecule has 6 heavy (non-hydrogen) atoms. The minimum Gasteiger partial charge on any atom is -0.273 e. The van der Waals surface area contributed by atoms with Gasteiger partial charge in [-0.3, -0.25) is 6.08 Å². The summed E-state index contributed by atoms with van der Waals surface area (Å²) in [6.45, 7) is 0. The van der Waals surface area contributed by atoms with Crippen LogP contribution >= 0.6 is 0 Å². The molecule has 1 rings (SSSR count). The quantitative estimate of drug-likeness (QED) is 0.334. The molecule has 0 nitrogen and oxygen atoms in total. The fraction of sp³-hybridized carbons (Fsp3) is 0.200. The van der Waals surface area contributed by atoms with Gasteiger partial charge in [0, 0.05) is 17.1 Å². The van der Waals surface area contributed by atoms with Gasteiger partial charge in [-0.05, 0) is 0 Å². The molecule has 0 N–H and O–H groups in total. The summed E-state index contributed by atoms with van der Waals surface area (Å²) in [6, 6.07) is 0. The Morgan fingerprint density at radius 2 is 2.33 bits per heavy atom. The van der Waals surface area contributed by atoms with E-state index in [1.807, 2.05) is 12.2 Å². The first kappa shape index (κ1) is 6.00. The van der Waals surface area contributed by atoms with Crippen LogP contribution in [-0.2, 0) is 17.1 Å². The van der Waals surface area contributed by atoms with Crippen LogP contribution in [0.4, 0.5) is 0 Å². The summed E-state index contributed by atoms with van der Waals surface area (Å²) in [5.41, 5.74) is 0. The Labute approximate surface area is 48.4 Å². The summed E-state index contributed by atoms with van der Waals surface area (Å²) in [4.78, 5) is 0. The van der Waals surface area contributed by atoms with E-state index in [1.165, 1.54) is 0 Å². The molecule has 0 unspecified atom stereocenters. The van der Waals surface area contributed by atoms with Crippen LogP contribution in [-0.4, -0.2) is 0 Å². The van der Waals surface area contributed by atoms with Crippen molar-refractivity contribution in [2.24, 2.45) is 0 Å². The Morgan fingerprint density at radius 3 is 2.50 bits per heavy atom. The Morgan fingerprint density at radius 1 is 1.50 bits per heavy atom. The molecule has 0 heterocycles. The molecule has 0 saturated heterocycles. The van der Waals surface area contributed by atoms with Crippen molar-refractivity contribution in [1.29, 1.82) is 0 Å². The second kappa shape index (κ2) is 3.20.